The van der Waals surface area contributed by atoms with E-state index in [2.05, 4.69) is 5.32 Å². The minimum Gasteiger partial charge on any atom is -0.392 e. The Balaban J connectivity index is 2.19. The summed E-state index contributed by atoms with van der Waals surface area (Å²) in [5, 5.41) is 11.6. The summed E-state index contributed by atoms with van der Waals surface area (Å²) in [5.41, 5.74) is 0. The number of carbonyl (C=O) groups excluding carboxylic acids is 1. The van der Waals surface area contributed by atoms with Crippen LogP contribution in [0.3, 0.4) is 0 Å². The lowest BCUT2D eigenvalue weighted by molar-refractivity contribution is -0.121. The second-order valence-electron chi connectivity index (χ2n) is 3.71. The van der Waals surface area contributed by atoms with Gasteiger partial charge in [0.1, 0.15) is 5.82 Å². The highest BCUT2D eigenvalue weighted by Crippen LogP contribution is 2.18. The zero-order valence-corrected chi connectivity index (χ0v) is 10.5. The maximum atomic E-state index is 12.6. The highest BCUT2D eigenvalue weighted by atomic mass is 32.2. The van der Waals surface area contributed by atoms with Crippen LogP contribution in [0.25, 0.3) is 0 Å². The summed E-state index contributed by atoms with van der Waals surface area (Å²) in [6.45, 7) is 1.90. The Morgan fingerprint density at radius 2 is 2.12 bits per heavy atom. The summed E-state index contributed by atoms with van der Waals surface area (Å²) in [6, 6.07) is 6.17. The van der Waals surface area contributed by atoms with E-state index in [1.807, 2.05) is 0 Å². The molecule has 1 atom stereocenters. The zero-order valence-electron chi connectivity index (χ0n) is 9.65. The van der Waals surface area contributed by atoms with E-state index < -0.39 is 6.10 Å². The van der Waals surface area contributed by atoms with Crippen molar-refractivity contribution in [2.45, 2.75) is 24.3 Å². The highest BCUT2D eigenvalue weighted by molar-refractivity contribution is 7.99. The molecular weight excluding hydrogens is 241 g/mol. The monoisotopic (exact) mass is 257 g/mol. The molecule has 1 amide bonds. The minimum absolute atomic E-state index is 0.0829. The van der Waals surface area contributed by atoms with Crippen molar-refractivity contribution >= 4 is 17.7 Å². The van der Waals surface area contributed by atoms with Gasteiger partial charge >= 0.3 is 0 Å². The van der Waals surface area contributed by atoms with Crippen molar-refractivity contribution in [1.82, 2.24) is 5.32 Å². The Labute approximate surface area is 104 Å². The quantitative estimate of drug-likeness (QED) is 0.764. The third kappa shape index (κ3) is 6.28. The number of benzene rings is 1. The first kappa shape index (κ1) is 14.0. The van der Waals surface area contributed by atoms with E-state index in [0.29, 0.717) is 12.2 Å². The number of thioether (sulfide) groups is 1. The third-order valence-electron chi connectivity index (χ3n) is 2.01. The summed E-state index contributed by atoms with van der Waals surface area (Å²) < 4.78 is 12.6. The van der Waals surface area contributed by atoms with Gasteiger partial charge in [0, 0.05) is 23.6 Å². The largest absolute Gasteiger partial charge is 0.392 e. The van der Waals surface area contributed by atoms with E-state index in [4.69, 9.17) is 5.11 Å². The summed E-state index contributed by atoms with van der Waals surface area (Å²) in [4.78, 5) is 12.2. The Hall–Kier alpha value is -1.07. The average molecular weight is 257 g/mol. The van der Waals surface area contributed by atoms with Crippen molar-refractivity contribution in [1.29, 1.82) is 0 Å². The van der Waals surface area contributed by atoms with E-state index in [1.165, 1.54) is 23.9 Å². The fourth-order valence-corrected chi connectivity index (χ4v) is 1.99. The smallest absolute Gasteiger partial charge is 0.220 e. The molecule has 1 aromatic carbocycles. The van der Waals surface area contributed by atoms with Crippen molar-refractivity contribution in [3.05, 3.63) is 30.1 Å². The van der Waals surface area contributed by atoms with Gasteiger partial charge in [-0.15, -0.1) is 11.8 Å². The highest BCUT2D eigenvalue weighted by Gasteiger charge is 2.03. The Kier molecular flexibility index (Phi) is 6.00. The molecule has 0 saturated carbocycles. The molecule has 0 unspecified atom stereocenters. The number of rotatable bonds is 6. The van der Waals surface area contributed by atoms with Gasteiger partial charge in [-0.1, -0.05) is 0 Å². The van der Waals surface area contributed by atoms with Crippen LogP contribution in [-0.4, -0.2) is 29.4 Å². The number of hydrogen-bond donors (Lipinski definition) is 2. The Morgan fingerprint density at radius 1 is 1.47 bits per heavy atom. The molecule has 1 rings (SSSR count). The van der Waals surface area contributed by atoms with Crippen molar-refractivity contribution < 1.29 is 14.3 Å². The molecule has 0 heterocycles. The molecule has 94 valence electrons. The second kappa shape index (κ2) is 7.29. The Morgan fingerprint density at radius 3 is 2.71 bits per heavy atom. The molecule has 17 heavy (non-hydrogen) atoms. The normalized spacial score (nSPS) is 12.2. The molecule has 0 fully saturated rings. The predicted molar refractivity (Wildman–Crippen MR) is 66.4 cm³/mol. The summed E-state index contributed by atoms with van der Waals surface area (Å²) in [5.74, 6) is 0.293. The van der Waals surface area contributed by atoms with Gasteiger partial charge in [-0.05, 0) is 31.2 Å². The second-order valence-corrected chi connectivity index (χ2v) is 4.87. The summed E-state index contributed by atoms with van der Waals surface area (Å²) >= 11 is 1.50. The number of aliphatic hydroxyl groups is 1. The topological polar surface area (TPSA) is 49.3 Å². The number of halogens is 1. The lowest BCUT2D eigenvalue weighted by Crippen LogP contribution is -2.30. The molecule has 5 heteroatoms. The van der Waals surface area contributed by atoms with E-state index in [-0.39, 0.29) is 18.3 Å². The van der Waals surface area contributed by atoms with Crippen LogP contribution in [0.15, 0.2) is 29.2 Å². The number of aliphatic hydroxyl groups excluding tert-OH is 1. The van der Waals surface area contributed by atoms with Gasteiger partial charge in [0.15, 0.2) is 0 Å². The predicted octanol–water partition coefficient (Wildman–Crippen LogP) is 1.80. The molecule has 0 saturated heterocycles. The lowest BCUT2D eigenvalue weighted by Gasteiger charge is -2.06. The minimum atomic E-state index is -0.524. The first-order chi connectivity index (χ1) is 8.08. The van der Waals surface area contributed by atoms with Gasteiger partial charge in [0.05, 0.1) is 6.10 Å². The number of amides is 1. The molecule has 0 spiro atoms. The third-order valence-corrected chi connectivity index (χ3v) is 3.02. The van der Waals surface area contributed by atoms with Crippen LogP contribution in [0, 0.1) is 5.82 Å². The van der Waals surface area contributed by atoms with Crippen LogP contribution < -0.4 is 5.32 Å². The molecule has 0 bridgehead atoms. The average Bonchev–Trinajstić information content (AvgIpc) is 2.29. The summed E-state index contributed by atoms with van der Waals surface area (Å²) in [6.07, 6.45) is -0.141. The molecule has 2 N–H and O–H groups in total. The van der Waals surface area contributed by atoms with Gasteiger partial charge in [0.25, 0.3) is 0 Å². The first-order valence-electron chi connectivity index (χ1n) is 5.41. The van der Waals surface area contributed by atoms with Gasteiger partial charge in [-0.25, -0.2) is 4.39 Å². The van der Waals surface area contributed by atoms with Crippen molar-refractivity contribution in [2.24, 2.45) is 0 Å². The Bertz CT molecular complexity index is 354. The molecule has 0 radical (unpaired) electrons. The molecule has 0 aromatic heterocycles. The fourth-order valence-electron chi connectivity index (χ4n) is 1.14. The van der Waals surface area contributed by atoms with Gasteiger partial charge < -0.3 is 10.4 Å². The molecule has 0 aliphatic rings. The van der Waals surface area contributed by atoms with E-state index in [9.17, 15) is 9.18 Å². The van der Waals surface area contributed by atoms with E-state index in [0.717, 1.165) is 4.90 Å². The summed E-state index contributed by atoms with van der Waals surface area (Å²) in [7, 11) is 0. The standard InChI is InChI=1S/C12H16FNO2S/c1-9(15)8-14-12(16)6-7-17-11-4-2-10(13)3-5-11/h2-5,9,15H,6-8H2,1H3,(H,14,16)/t9-/m0/s1. The molecule has 0 aliphatic heterocycles. The molecule has 1 aromatic rings. The lowest BCUT2D eigenvalue weighted by atomic mass is 10.3. The van der Waals surface area contributed by atoms with E-state index in [1.54, 1.807) is 19.1 Å². The number of nitrogens with one attached hydrogen (secondary N) is 1. The maximum absolute atomic E-state index is 12.6. The first-order valence-corrected chi connectivity index (χ1v) is 6.39. The van der Waals surface area contributed by atoms with Crippen LogP contribution >= 0.6 is 11.8 Å². The van der Waals surface area contributed by atoms with Gasteiger partial charge in [0.2, 0.25) is 5.91 Å². The van der Waals surface area contributed by atoms with Crippen LogP contribution in [-0.2, 0) is 4.79 Å². The molecule has 3 nitrogen and oxygen atoms in total. The van der Waals surface area contributed by atoms with Crippen LogP contribution in [0.5, 0.6) is 0 Å². The van der Waals surface area contributed by atoms with Crippen LogP contribution in [0.2, 0.25) is 0 Å². The van der Waals surface area contributed by atoms with Gasteiger partial charge in [-0.3, -0.25) is 4.79 Å². The molecular formula is C12H16FNO2S. The van der Waals surface area contributed by atoms with Crippen molar-refractivity contribution in [3.63, 3.8) is 0 Å². The van der Waals surface area contributed by atoms with Gasteiger partial charge in [-0.2, -0.15) is 0 Å². The van der Waals surface area contributed by atoms with Crippen molar-refractivity contribution in [2.75, 3.05) is 12.3 Å². The maximum Gasteiger partial charge on any atom is 0.220 e. The SMILES string of the molecule is C[C@H](O)CNC(=O)CCSc1ccc(F)cc1. The van der Waals surface area contributed by atoms with Crippen LogP contribution in [0.1, 0.15) is 13.3 Å². The number of carbonyl (C=O) groups is 1. The number of hydrogen-bond acceptors (Lipinski definition) is 3. The van der Waals surface area contributed by atoms with Crippen molar-refractivity contribution in [3.8, 4) is 0 Å². The molecule has 0 aliphatic carbocycles. The zero-order chi connectivity index (χ0) is 12.7. The fraction of sp³-hybridized carbons (Fsp3) is 0.417. The van der Waals surface area contributed by atoms with Crippen LogP contribution in [0.4, 0.5) is 4.39 Å². The van der Waals surface area contributed by atoms with E-state index >= 15 is 0 Å².